The number of esters is 1. The molecule has 4 aromatic rings. The van der Waals surface area contributed by atoms with E-state index in [1.165, 1.54) is 48.5 Å². The number of halogens is 5. The molecule has 1 aromatic heterocycles. The molecule has 0 fully saturated rings. The summed E-state index contributed by atoms with van der Waals surface area (Å²) in [7, 11) is 0. The minimum Gasteiger partial charge on any atom is -0.448 e. The van der Waals surface area contributed by atoms with Crippen LogP contribution in [0.3, 0.4) is 0 Å². The summed E-state index contributed by atoms with van der Waals surface area (Å²) in [6.07, 6.45) is -5.06. The summed E-state index contributed by atoms with van der Waals surface area (Å²) in [4.78, 5) is 25.2. The van der Waals surface area contributed by atoms with Gasteiger partial charge in [0.1, 0.15) is 17.1 Å². The minimum atomic E-state index is -5.06. The lowest BCUT2D eigenvalue weighted by Gasteiger charge is -2.14. The van der Waals surface area contributed by atoms with Crippen molar-refractivity contribution in [3.8, 4) is 17.2 Å². The zero-order valence-electron chi connectivity index (χ0n) is 16.3. The van der Waals surface area contributed by atoms with Gasteiger partial charge < -0.3 is 13.9 Å². The molecule has 0 aliphatic heterocycles. The highest BCUT2D eigenvalue weighted by Gasteiger charge is 2.40. The third-order valence-electron chi connectivity index (χ3n) is 4.40. The van der Waals surface area contributed by atoms with E-state index in [9.17, 15) is 22.8 Å². The van der Waals surface area contributed by atoms with E-state index in [1.54, 1.807) is 12.1 Å². The number of hydrogen-bond donors (Lipinski definition) is 0. The third kappa shape index (κ3) is 4.81. The summed E-state index contributed by atoms with van der Waals surface area (Å²) in [5.74, 6) is -3.80. The van der Waals surface area contributed by atoms with Gasteiger partial charge in [-0.05, 0) is 42.5 Å². The van der Waals surface area contributed by atoms with E-state index in [1.807, 2.05) is 0 Å². The summed E-state index contributed by atoms with van der Waals surface area (Å²) in [5.41, 5.74) is -1.39. The zero-order chi connectivity index (χ0) is 23.8. The van der Waals surface area contributed by atoms with E-state index < -0.39 is 34.7 Å². The molecule has 0 spiro atoms. The normalized spacial score (nSPS) is 11.4. The number of para-hydroxylation sites is 1. The maximum atomic E-state index is 13.7. The fourth-order valence-corrected chi connectivity index (χ4v) is 3.28. The highest BCUT2D eigenvalue weighted by molar-refractivity contribution is 6.32. The summed E-state index contributed by atoms with van der Waals surface area (Å²) >= 11 is 11.8. The summed E-state index contributed by atoms with van der Waals surface area (Å²) in [5, 5.41) is 0.0934. The van der Waals surface area contributed by atoms with E-state index in [-0.39, 0.29) is 27.5 Å². The minimum absolute atomic E-state index is 0.00778. The molecule has 0 saturated heterocycles. The van der Waals surface area contributed by atoms with Gasteiger partial charge in [0.2, 0.25) is 11.2 Å². The summed E-state index contributed by atoms with van der Waals surface area (Å²) in [6.45, 7) is 0. The first-order valence-electron chi connectivity index (χ1n) is 9.21. The third-order valence-corrected chi connectivity index (χ3v) is 4.95. The van der Waals surface area contributed by atoms with Crippen LogP contribution in [0.15, 0.2) is 75.9 Å². The van der Waals surface area contributed by atoms with E-state index in [0.717, 1.165) is 6.07 Å². The van der Waals surface area contributed by atoms with Gasteiger partial charge >= 0.3 is 12.1 Å². The molecule has 5 nitrogen and oxygen atoms in total. The van der Waals surface area contributed by atoms with Crippen molar-refractivity contribution in [3.05, 3.63) is 98.3 Å². The number of ether oxygens (including phenoxy) is 2. The van der Waals surface area contributed by atoms with Gasteiger partial charge in [0.05, 0.1) is 16.0 Å². The van der Waals surface area contributed by atoms with Crippen molar-refractivity contribution in [3.63, 3.8) is 0 Å². The van der Waals surface area contributed by atoms with Crippen LogP contribution >= 0.6 is 23.2 Å². The van der Waals surface area contributed by atoms with Gasteiger partial charge in [0.25, 0.3) is 5.76 Å². The Kier molecular flexibility index (Phi) is 6.05. The molecule has 0 aliphatic carbocycles. The molecule has 0 atom stereocenters. The molecule has 33 heavy (non-hydrogen) atoms. The number of rotatable bonds is 4. The molecule has 0 saturated carbocycles. The van der Waals surface area contributed by atoms with Crippen LogP contribution in [0.2, 0.25) is 10.0 Å². The molecule has 0 N–H and O–H groups in total. The Morgan fingerprint density at radius 2 is 1.70 bits per heavy atom. The van der Waals surface area contributed by atoms with Crippen LogP contribution in [0.25, 0.3) is 11.0 Å². The van der Waals surface area contributed by atoms with Crippen LogP contribution in [0.4, 0.5) is 13.2 Å². The quantitative estimate of drug-likeness (QED) is 0.223. The van der Waals surface area contributed by atoms with Gasteiger partial charge in [-0.2, -0.15) is 13.2 Å². The van der Waals surface area contributed by atoms with Crippen LogP contribution in [-0.2, 0) is 6.18 Å². The number of carbonyl (C=O) groups is 1. The van der Waals surface area contributed by atoms with Crippen molar-refractivity contribution in [2.75, 3.05) is 0 Å². The van der Waals surface area contributed by atoms with E-state index in [2.05, 4.69) is 0 Å². The molecule has 1 heterocycles. The van der Waals surface area contributed by atoms with Crippen LogP contribution in [-0.4, -0.2) is 5.97 Å². The molecule has 4 rings (SSSR count). The highest BCUT2D eigenvalue weighted by Crippen LogP contribution is 2.39. The van der Waals surface area contributed by atoms with Crippen molar-refractivity contribution >= 4 is 40.1 Å². The SMILES string of the molecule is O=C(Oc1ccc2c(=O)c(Oc3ccccc3Cl)c(C(F)(F)F)oc2c1)c1cccc(Cl)c1. The maximum Gasteiger partial charge on any atom is 0.453 e. The first kappa shape index (κ1) is 22.7. The molecule has 0 aliphatic rings. The molecule has 0 radical (unpaired) electrons. The van der Waals surface area contributed by atoms with Crippen molar-refractivity contribution < 1.29 is 31.9 Å². The number of hydrogen-bond acceptors (Lipinski definition) is 5. The van der Waals surface area contributed by atoms with E-state index in [0.29, 0.717) is 5.02 Å². The fraction of sp³-hybridized carbons (Fsp3) is 0.0435. The predicted octanol–water partition coefficient (Wildman–Crippen LogP) is 7.13. The largest absolute Gasteiger partial charge is 0.453 e. The molecule has 0 amide bonds. The van der Waals surface area contributed by atoms with Crippen LogP contribution in [0, 0.1) is 0 Å². The Hall–Kier alpha value is -3.49. The van der Waals surface area contributed by atoms with E-state index in [4.69, 9.17) is 37.1 Å². The Morgan fingerprint density at radius 3 is 2.39 bits per heavy atom. The molecule has 10 heteroatoms. The molecule has 0 bridgehead atoms. The van der Waals surface area contributed by atoms with Crippen molar-refractivity contribution in [1.29, 1.82) is 0 Å². The lowest BCUT2D eigenvalue weighted by atomic mass is 10.2. The monoisotopic (exact) mass is 494 g/mol. The second kappa shape index (κ2) is 8.80. The average Bonchev–Trinajstić information content (AvgIpc) is 2.76. The Balaban J connectivity index is 1.77. The zero-order valence-corrected chi connectivity index (χ0v) is 17.8. The second-order valence-electron chi connectivity index (χ2n) is 6.68. The fourth-order valence-electron chi connectivity index (χ4n) is 2.92. The molecule has 168 valence electrons. The van der Waals surface area contributed by atoms with Gasteiger partial charge in [-0.3, -0.25) is 4.79 Å². The Labute approximate surface area is 193 Å². The van der Waals surface area contributed by atoms with Gasteiger partial charge in [-0.25, -0.2) is 4.79 Å². The number of carbonyl (C=O) groups excluding carboxylic acids is 1. The van der Waals surface area contributed by atoms with Gasteiger partial charge in [0, 0.05) is 11.1 Å². The first-order chi connectivity index (χ1) is 15.6. The average molecular weight is 495 g/mol. The highest BCUT2D eigenvalue weighted by atomic mass is 35.5. The number of alkyl halides is 3. The summed E-state index contributed by atoms with van der Waals surface area (Å²) in [6, 6.07) is 15.1. The molecule has 3 aromatic carbocycles. The second-order valence-corrected chi connectivity index (χ2v) is 7.52. The Bertz CT molecular complexity index is 1430. The summed E-state index contributed by atoms with van der Waals surface area (Å²) < 4.78 is 56.4. The smallest absolute Gasteiger partial charge is 0.448 e. The van der Waals surface area contributed by atoms with Crippen LogP contribution in [0.1, 0.15) is 16.1 Å². The Morgan fingerprint density at radius 1 is 0.939 bits per heavy atom. The molecule has 0 unspecified atom stereocenters. The van der Waals surface area contributed by atoms with Crippen molar-refractivity contribution in [1.82, 2.24) is 0 Å². The van der Waals surface area contributed by atoms with E-state index >= 15 is 0 Å². The standard InChI is InChI=1S/C23H11Cl2F3O5/c24-13-5-3-4-12(10-13)22(30)31-14-8-9-15-18(11-14)33-21(23(26,27)28)20(19(15)29)32-17-7-2-1-6-16(17)25/h1-11H. The lowest BCUT2D eigenvalue weighted by Crippen LogP contribution is -2.15. The maximum absolute atomic E-state index is 13.7. The van der Waals surface area contributed by atoms with Gasteiger partial charge in [-0.15, -0.1) is 0 Å². The van der Waals surface area contributed by atoms with Crippen molar-refractivity contribution in [2.24, 2.45) is 0 Å². The van der Waals surface area contributed by atoms with Crippen molar-refractivity contribution in [2.45, 2.75) is 6.18 Å². The topological polar surface area (TPSA) is 65.7 Å². The van der Waals surface area contributed by atoms with Crippen LogP contribution in [0.5, 0.6) is 17.2 Å². The van der Waals surface area contributed by atoms with Crippen LogP contribution < -0.4 is 14.9 Å². The first-order valence-corrected chi connectivity index (χ1v) is 9.97. The number of fused-ring (bicyclic) bond motifs is 1. The van der Waals surface area contributed by atoms with Gasteiger partial charge in [0.15, 0.2) is 0 Å². The van der Waals surface area contributed by atoms with Gasteiger partial charge in [-0.1, -0.05) is 41.4 Å². The lowest BCUT2D eigenvalue weighted by molar-refractivity contribution is -0.154. The molecular formula is C23H11Cl2F3O5. The number of benzene rings is 3. The predicted molar refractivity (Wildman–Crippen MR) is 115 cm³/mol. The molecular weight excluding hydrogens is 484 g/mol.